The Hall–Kier alpha value is -3.05. The first kappa shape index (κ1) is 17.4. The predicted molar refractivity (Wildman–Crippen MR) is 106 cm³/mol. The number of rotatable bonds is 6. The molecule has 0 aliphatic carbocycles. The van der Waals surface area contributed by atoms with Crippen LogP contribution in [0, 0.1) is 6.92 Å². The van der Waals surface area contributed by atoms with E-state index in [0.717, 1.165) is 34.1 Å². The molecule has 0 saturated carbocycles. The van der Waals surface area contributed by atoms with E-state index in [9.17, 15) is 0 Å². The molecule has 0 atom stereocenters. The molecule has 27 heavy (non-hydrogen) atoms. The minimum atomic E-state index is 0.505. The molecule has 1 N–H and O–H groups in total. The van der Waals surface area contributed by atoms with Gasteiger partial charge in [0.15, 0.2) is 5.82 Å². The lowest BCUT2D eigenvalue weighted by Crippen LogP contribution is -2.06. The Kier molecular flexibility index (Phi) is 4.94. The molecule has 0 amide bonds. The van der Waals surface area contributed by atoms with Gasteiger partial charge in [0.25, 0.3) is 0 Å². The second kappa shape index (κ2) is 7.68. The van der Waals surface area contributed by atoms with Crippen LogP contribution in [0.1, 0.15) is 16.8 Å². The number of imidazole rings is 1. The number of aromatic nitrogens is 4. The van der Waals surface area contributed by atoms with Gasteiger partial charge in [-0.3, -0.25) is 4.68 Å². The van der Waals surface area contributed by atoms with E-state index in [4.69, 9.17) is 16.3 Å². The van der Waals surface area contributed by atoms with Crippen molar-refractivity contribution in [3.05, 3.63) is 88.8 Å². The Morgan fingerprint density at radius 1 is 1.11 bits per heavy atom. The van der Waals surface area contributed by atoms with Crippen LogP contribution in [0.5, 0.6) is 5.75 Å². The third-order valence-corrected chi connectivity index (χ3v) is 4.54. The van der Waals surface area contributed by atoms with E-state index >= 15 is 0 Å². The van der Waals surface area contributed by atoms with Crippen molar-refractivity contribution in [2.45, 2.75) is 20.1 Å². The van der Waals surface area contributed by atoms with Crippen LogP contribution >= 0.6 is 11.6 Å². The van der Waals surface area contributed by atoms with Crippen LogP contribution in [-0.2, 0) is 13.2 Å². The Bertz CT molecular complexity index is 1030. The van der Waals surface area contributed by atoms with Crippen molar-refractivity contribution in [3.63, 3.8) is 0 Å². The molecule has 0 unspecified atom stereocenters. The Balaban J connectivity index is 1.57. The fraction of sp³-hybridized carbons (Fsp3) is 0.143. The summed E-state index contributed by atoms with van der Waals surface area (Å²) < 4.78 is 7.98. The number of H-pyrrole nitrogens is 1. The van der Waals surface area contributed by atoms with Crippen molar-refractivity contribution < 1.29 is 4.74 Å². The molecule has 0 spiro atoms. The van der Waals surface area contributed by atoms with Crippen molar-refractivity contribution in [2.75, 3.05) is 0 Å². The lowest BCUT2D eigenvalue weighted by atomic mass is 10.2. The molecular formula is C21H19ClN4O. The summed E-state index contributed by atoms with van der Waals surface area (Å²) in [6.07, 6.45) is 3.51. The van der Waals surface area contributed by atoms with E-state index in [0.29, 0.717) is 18.2 Å². The fourth-order valence-electron chi connectivity index (χ4n) is 2.90. The van der Waals surface area contributed by atoms with E-state index in [1.165, 1.54) is 0 Å². The largest absolute Gasteiger partial charge is 0.489 e. The highest BCUT2D eigenvalue weighted by Gasteiger charge is 2.12. The van der Waals surface area contributed by atoms with Gasteiger partial charge < -0.3 is 9.72 Å². The third kappa shape index (κ3) is 4.04. The summed E-state index contributed by atoms with van der Waals surface area (Å²) in [4.78, 5) is 7.35. The molecule has 0 aliphatic heterocycles. The van der Waals surface area contributed by atoms with E-state index < -0.39 is 0 Å². The molecular weight excluding hydrogens is 360 g/mol. The maximum Gasteiger partial charge on any atom is 0.157 e. The molecule has 0 aliphatic rings. The van der Waals surface area contributed by atoms with Gasteiger partial charge in [-0.05, 0) is 36.8 Å². The van der Waals surface area contributed by atoms with Gasteiger partial charge in [0.1, 0.15) is 18.1 Å². The molecule has 5 nitrogen and oxygen atoms in total. The molecule has 4 aromatic rings. The standard InChI is InChI=1S/C21H19ClN4O/c1-15-11-19(21-23-9-10-24-21)25-26(15)13-17-12-18(22)7-8-20(17)27-14-16-5-3-2-4-6-16/h2-12H,13-14H2,1H3,(H,23,24). The summed E-state index contributed by atoms with van der Waals surface area (Å²) in [5.41, 5.74) is 3.95. The number of hydrogen-bond donors (Lipinski definition) is 1. The predicted octanol–water partition coefficient (Wildman–Crippen LogP) is 4.86. The van der Waals surface area contributed by atoms with Gasteiger partial charge in [-0.1, -0.05) is 41.9 Å². The molecule has 4 rings (SSSR count). The van der Waals surface area contributed by atoms with Gasteiger partial charge in [-0.2, -0.15) is 5.10 Å². The fourth-order valence-corrected chi connectivity index (χ4v) is 3.10. The SMILES string of the molecule is Cc1cc(-c2ncc[nH]2)nn1Cc1cc(Cl)ccc1OCc1ccccc1. The summed E-state index contributed by atoms with van der Waals surface area (Å²) in [6.45, 7) is 3.09. The number of aryl methyl sites for hydroxylation is 1. The zero-order valence-electron chi connectivity index (χ0n) is 14.9. The van der Waals surface area contributed by atoms with E-state index in [2.05, 4.69) is 15.1 Å². The minimum absolute atomic E-state index is 0.505. The Morgan fingerprint density at radius 3 is 2.74 bits per heavy atom. The van der Waals surface area contributed by atoms with Gasteiger partial charge >= 0.3 is 0 Å². The number of nitrogens with zero attached hydrogens (tertiary/aromatic N) is 3. The van der Waals surface area contributed by atoms with Gasteiger partial charge in [0.2, 0.25) is 0 Å². The van der Waals surface area contributed by atoms with Crippen molar-refractivity contribution in [1.29, 1.82) is 0 Å². The quantitative estimate of drug-likeness (QED) is 0.521. The van der Waals surface area contributed by atoms with E-state index in [1.807, 2.05) is 66.2 Å². The average Bonchev–Trinajstić information content (AvgIpc) is 3.32. The number of halogens is 1. The highest BCUT2D eigenvalue weighted by Crippen LogP contribution is 2.26. The summed E-state index contributed by atoms with van der Waals surface area (Å²) in [6, 6.07) is 17.8. The highest BCUT2D eigenvalue weighted by molar-refractivity contribution is 6.30. The molecule has 0 fully saturated rings. The van der Waals surface area contributed by atoms with Gasteiger partial charge in [-0.25, -0.2) is 4.98 Å². The summed E-state index contributed by atoms with van der Waals surface area (Å²) in [7, 11) is 0. The summed E-state index contributed by atoms with van der Waals surface area (Å²) >= 11 is 6.23. The van der Waals surface area contributed by atoms with Gasteiger partial charge in [0, 0.05) is 28.7 Å². The number of nitrogens with one attached hydrogen (secondary N) is 1. The van der Waals surface area contributed by atoms with E-state index in [1.54, 1.807) is 12.4 Å². The van der Waals surface area contributed by atoms with Crippen molar-refractivity contribution >= 4 is 11.6 Å². The lowest BCUT2D eigenvalue weighted by Gasteiger charge is -2.13. The molecule has 0 radical (unpaired) electrons. The Labute approximate surface area is 162 Å². The molecule has 6 heteroatoms. The maximum absolute atomic E-state index is 6.23. The molecule has 0 bridgehead atoms. The van der Waals surface area contributed by atoms with Crippen LogP contribution in [0.4, 0.5) is 0 Å². The number of benzene rings is 2. The summed E-state index contributed by atoms with van der Waals surface area (Å²) in [5, 5.41) is 5.34. The first-order chi connectivity index (χ1) is 13.2. The number of aromatic amines is 1. The monoisotopic (exact) mass is 378 g/mol. The highest BCUT2D eigenvalue weighted by atomic mass is 35.5. The van der Waals surface area contributed by atoms with Crippen LogP contribution in [0.2, 0.25) is 5.02 Å². The van der Waals surface area contributed by atoms with Crippen LogP contribution in [0.25, 0.3) is 11.5 Å². The van der Waals surface area contributed by atoms with Crippen LogP contribution in [0.3, 0.4) is 0 Å². The maximum atomic E-state index is 6.23. The first-order valence-electron chi connectivity index (χ1n) is 8.68. The minimum Gasteiger partial charge on any atom is -0.489 e. The van der Waals surface area contributed by atoms with Crippen molar-refractivity contribution in [2.24, 2.45) is 0 Å². The molecule has 2 aromatic carbocycles. The first-order valence-corrected chi connectivity index (χ1v) is 9.06. The van der Waals surface area contributed by atoms with Crippen LogP contribution in [-0.4, -0.2) is 19.7 Å². The summed E-state index contributed by atoms with van der Waals surface area (Å²) in [5.74, 6) is 1.56. The zero-order valence-corrected chi connectivity index (χ0v) is 15.6. The van der Waals surface area contributed by atoms with Crippen molar-refractivity contribution in [3.8, 4) is 17.3 Å². The normalized spacial score (nSPS) is 10.9. The number of ether oxygens (including phenoxy) is 1. The Morgan fingerprint density at radius 2 is 1.96 bits per heavy atom. The third-order valence-electron chi connectivity index (χ3n) is 4.30. The van der Waals surface area contributed by atoms with Gasteiger partial charge in [0.05, 0.1) is 6.54 Å². The molecule has 2 heterocycles. The molecule has 2 aromatic heterocycles. The van der Waals surface area contributed by atoms with Crippen LogP contribution < -0.4 is 4.74 Å². The topological polar surface area (TPSA) is 55.7 Å². The van der Waals surface area contributed by atoms with E-state index in [-0.39, 0.29) is 0 Å². The smallest absolute Gasteiger partial charge is 0.157 e. The average molecular weight is 379 g/mol. The molecule has 136 valence electrons. The second-order valence-electron chi connectivity index (χ2n) is 6.29. The van der Waals surface area contributed by atoms with Crippen LogP contribution in [0.15, 0.2) is 67.0 Å². The number of hydrogen-bond acceptors (Lipinski definition) is 3. The zero-order chi connectivity index (χ0) is 18.6. The second-order valence-corrected chi connectivity index (χ2v) is 6.73. The molecule has 0 saturated heterocycles. The van der Waals surface area contributed by atoms with Gasteiger partial charge in [-0.15, -0.1) is 0 Å². The lowest BCUT2D eigenvalue weighted by molar-refractivity contribution is 0.302. The van der Waals surface area contributed by atoms with Crippen molar-refractivity contribution in [1.82, 2.24) is 19.7 Å².